The van der Waals surface area contributed by atoms with E-state index in [4.69, 9.17) is 4.74 Å². The van der Waals surface area contributed by atoms with Gasteiger partial charge in [-0.1, -0.05) is 0 Å². The number of carbonyl (C=O) groups excluding carboxylic acids is 1. The van der Waals surface area contributed by atoms with E-state index >= 15 is 0 Å². The molecule has 0 bridgehead atoms. The van der Waals surface area contributed by atoms with Gasteiger partial charge < -0.3 is 4.74 Å². The summed E-state index contributed by atoms with van der Waals surface area (Å²) in [6.07, 6.45) is 0. The Hall–Kier alpha value is 0.976. The summed E-state index contributed by atoms with van der Waals surface area (Å²) in [6, 6.07) is 0. The molecule has 0 atom stereocenters. The first kappa shape index (κ1) is 14.5. The summed E-state index contributed by atoms with van der Waals surface area (Å²) in [7, 11) is 0. The van der Waals surface area contributed by atoms with E-state index < -0.39 is 0 Å². The number of hydrogen-bond donors (Lipinski definition) is 0. The van der Waals surface area contributed by atoms with Gasteiger partial charge in [-0.25, -0.2) is 0 Å². The molecule has 0 aliphatic heterocycles. The van der Waals surface area contributed by atoms with Gasteiger partial charge in [-0.05, 0) is 20.8 Å². The van der Waals surface area contributed by atoms with Crippen molar-refractivity contribution in [1.82, 2.24) is 0 Å². The van der Waals surface area contributed by atoms with Crippen LogP contribution in [-0.2, 0) is 9.53 Å². The Bertz CT molecular complexity index is 125. The number of carbonyl (C=O) groups is 1. The molecule has 0 amide bonds. The fourth-order valence-electron chi connectivity index (χ4n) is 0.380. The van der Waals surface area contributed by atoms with Crippen molar-refractivity contribution < 1.29 is 60.9 Å². The molecule has 0 rings (SSSR count). The molecule has 0 aromatic rings. The zero-order valence-electron chi connectivity index (χ0n) is 8.32. The Morgan fingerprint density at radius 1 is 1.27 bits per heavy atom. The Balaban J connectivity index is 0. The number of hydrogen-bond acceptors (Lipinski definition) is 2. The van der Waals surface area contributed by atoms with Gasteiger partial charge in [0.2, 0.25) is 0 Å². The standard InChI is InChI=1S/C8H15O2.K/c1-6(2)7(9)10-8(3,4)5;/h1-5H3;/q-1;+1. The summed E-state index contributed by atoms with van der Waals surface area (Å²) in [4.78, 5) is 10.9. The Labute approximate surface area is 111 Å². The van der Waals surface area contributed by atoms with Crippen LogP contribution in [0.4, 0.5) is 0 Å². The predicted molar refractivity (Wildman–Crippen MR) is 40.4 cm³/mol. The van der Waals surface area contributed by atoms with Gasteiger partial charge in [0, 0.05) is 0 Å². The first-order valence-electron chi connectivity index (χ1n) is 3.36. The third-order valence-electron chi connectivity index (χ3n) is 0.807. The number of rotatable bonds is 1. The van der Waals surface area contributed by atoms with Crippen LogP contribution in [0.3, 0.4) is 0 Å². The summed E-state index contributed by atoms with van der Waals surface area (Å²) in [6.45, 7) is 9.05. The fourth-order valence-corrected chi connectivity index (χ4v) is 0.380. The minimum atomic E-state index is -0.367. The average Bonchev–Trinajstić information content (AvgIpc) is 1.60. The zero-order valence-corrected chi connectivity index (χ0v) is 11.4. The molecule has 0 saturated heterocycles. The van der Waals surface area contributed by atoms with Crippen LogP contribution in [0.15, 0.2) is 0 Å². The van der Waals surface area contributed by atoms with Gasteiger partial charge in [0.1, 0.15) is 5.60 Å². The first-order valence-corrected chi connectivity index (χ1v) is 3.36. The second-order valence-electron chi connectivity index (χ2n) is 3.50. The molecule has 0 heterocycles. The quantitative estimate of drug-likeness (QED) is 0.294. The fraction of sp³-hybridized carbons (Fsp3) is 0.750. The van der Waals surface area contributed by atoms with Crippen molar-refractivity contribution in [3.8, 4) is 0 Å². The minimum Gasteiger partial charge on any atom is -0.482 e. The van der Waals surface area contributed by atoms with E-state index in [9.17, 15) is 4.79 Å². The molecule has 0 unspecified atom stereocenters. The molecule has 0 N–H and O–H groups in total. The Morgan fingerprint density at radius 3 is 1.73 bits per heavy atom. The maximum Gasteiger partial charge on any atom is 1.00 e. The molecule has 0 fully saturated rings. The topological polar surface area (TPSA) is 26.3 Å². The molecular weight excluding hydrogens is 167 g/mol. The maximum absolute atomic E-state index is 10.9. The SMILES string of the molecule is C[C-](C)C(=O)OC(C)(C)C.[K+]. The van der Waals surface area contributed by atoms with Crippen LogP contribution in [0.2, 0.25) is 0 Å². The van der Waals surface area contributed by atoms with Crippen LogP contribution in [0, 0.1) is 5.92 Å². The third-order valence-corrected chi connectivity index (χ3v) is 0.807. The second kappa shape index (κ2) is 5.59. The van der Waals surface area contributed by atoms with E-state index in [1.807, 2.05) is 20.8 Å². The van der Waals surface area contributed by atoms with Crippen molar-refractivity contribution in [2.45, 2.75) is 40.2 Å². The molecule has 0 saturated carbocycles. The molecule has 0 spiro atoms. The van der Waals surface area contributed by atoms with Crippen molar-refractivity contribution >= 4 is 5.97 Å². The average molecular weight is 182 g/mol. The molecule has 0 aromatic heterocycles. The third kappa shape index (κ3) is 8.89. The van der Waals surface area contributed by atoms with Gasteiger partial charge in [-0.15, -0.1) is 0 Å². The summed E-state index contributed by atoms with van der Waals surface area (Å²) in [5.74, 6) is 0.474. The normalized spacial score (nSPS) is 9.91. The minimum absolute atomic E-state index is 0. The largest absolute Gasteiger partial charge is 1.00 e. The van der Waals surface area contributed by atoms with Gasteiger partial charge in [0.15, 0.2) is 5.97 Å². The van der Waals surface area contributed by atoms with Crippen LogP contribution in [0.5, 0.6) is 0 Å². The predicted octanol–water partition coefficient (Wildman–Crippen LogP) is -1.05. The summed E-state index contributed by atoms with van der Waals surface area (Å²) in [5.41, 5.74) is -0.367. The van der Waals surface area contributed by atoms with Crippen LogP contribution in [0.25, 0.3) is 0 Å². The molecule has 11 heavy (non-hydrogen) atoms. The van der Waals surface area contributed by atoms with Crippen LogP contribution in [0.1, 0.15) is 34.6 Å². The van der Waals surface area contributed by atoms with E-state index in [0.717, 1.165) is 0 Å². The molecule has 0 aliphatic carbocycles. The van der Waals surface area contributed by atoms with E-state index in [2.05, 4.69) is 0 Å². The summed E-state index contributed by atoms with van der Waals surface area (Å²) in [5, 5.41) is 0. The molecule has 0 aliphatic rings. The molecule has 0 radical (unpaired) electrons. The van der Waals surface area contributed by atoms with Gasteiger partial charge in [-0.2, -0.15) is 13.8 Å². The second-order valence-corrected chi connectivity index (χ2v) is 3.50. The summed E-state index contributed by atoms with van der Waals surface area (Å²) >= 11 is 0. The van der Waals surface area contributed by atoms with Gasteiger partial charge in [-0.3, -0.25) is 10.7 Å². The smallest absolute Gasteiger partial charge is 0.482 e. The van der Waals surface area contributed by atoms with Crippen molar-refractivity contribution in [3.63, 3.8) is 0 Å². The van der Waals surface area contributed by atoms with Crippen molar-refractivity contribution in [2.75, 3.05) is 0 Å². The van der Waals surface area contributed by atoms with E-state index in [1.54, 1.807) is 13.8 Å². The summed E-state index contributed by atoms with van der Waals surface area (Å²) < 4.78 is 5.02. The molecule has 3 heteroatoms. The molecule has 60 valence electrons. The molecule has 2 nitrogen and oxygen atoms in total. The number of esters is 1. The van der Waals surface area contributed by atoms with Crippen molar-refractivity contribution in [2.24, 2.45) is 0 Å². The van der Waals surface area contributed by atoms with Gasteiger partial charge in [0.25, 0.3) is 0 Å². The van der Waals surface area contributed by atoms with E-state index in [1.165, 1.54) is 0 Å². The Kier molecular flexibility index (Phi) is 7.37. The zero-order chi connectivity index (χ0) is 8.36. The first-order chi connectivity index (χ1) is 4.33. The maximum atomic E-state index is 10.9. The monoisotopic (exact) mass is 182 g/mol. The number of ether oxygens (including phenoxy) is 1. The Morgan fingerprint density at radius 2 is 1.64 bits per heavy atom. The van der Waals surface area contributed by atoms with E-state index in [0.29, 0.717) is 5.92 Å². The van der Waals surface area contributed by atoms with Crippen molar-refractivity contribution in [1.29, 1.82) is 0 Å². The van der Waals surface area contributed by atoms with E-state index in [-0.39, 0.29) is 63.0 Å². The van der Waals surface area contributed by atoms with Crippen LogP contribution < -0.4 is 51.4 Å². The van der Waals surface area contributed by atoms with Gasteiger partial charge >= 0.3 is 51.4 Å². The van der Waals surface area contributed by atoms with Crippen molar-refractivity contribution in [3.05, 3.63) is 5.92 Å². The molecular formula is C8H15KO2. The van der Waals surface area contributed by atoms with Crippen LogP contribution >= 0.6 is 0 Å². The van der Waals surface area contributed by atoms with Crippen LogP contribution in [-0.4, -0.2) is 11.6 Å². The van der Waals surface area contributed by atoms with Gasteiger partial charge in [0.05, 0.1) is 0 Å². The molecule has 0 aromatic carbocycles.